The molecule has 0 bridgehead atoms. The van der Waals surface area contributed by atoms with E-state index in [0.29, 0.717) is 17.5 Å². The average Bonchev–Trinajstić information content (AvgIpc) is 2.75. The van der Waals surface area contributed by atoms with Gasteiger partial charge in [0.2, 0.25) is 5.91 Å². The number of hydrogen-bond donors (Lipinski definition) is 4. The molecular formula is C23H30N3O6P. The van der Waals surface area contributed by atoms with Crippen LogP contribution in [0.2, 0.25) is 0 Å². The molecule has 2 rings (SSSR count). The molecule has 0 fully saturated rings. The van der Waals surface area contributed by atoms with Gasteiger partial charge in [-0.25, -0.2) is 4.79 Å². The van der Waals surface area contributed by atoms with Gasteiger partial charge in [0.05, 0.1) is 23.6 Å². The van der Waals surface area contributed by atoms with E-state index in [1.165, 1.54) is 23.1 Å². The zero-order chi connectivity index (χ0) is 24.3. The number of unbranched alkanes of at least 4 members (excludes halogenated alkanes) is 4. The van der Waals surface area contributed by atoms with Gasteiger partial charge in [0.25, 0.3) is 5.56 Å². The molecule has 4 N–H and O–H groups in total. The molecule has 1 aromatic heterocycles. The van der Waals surface area contributed by atoms with E-state index in [4.69, 9.17) is 9.79 Å². The first-order valence-electron chi connectivity index (χ1n) is 10.9. The maximum atomic E-state index is 12.3. The van der Waals surface area contributed by atoms with E-state index < -0.39 is 25.0 Å². The average molecular weight is 475 g/mol. The van der Waals surface area contributed by atoms with Crippen LogP contribution in [0.1, 0.15) is 51.0 Å². The van der Waals surface area contributed by atoms with Gasteiger partial charge < -0.3 is 15.1 Å². The van der Waals surface area contributed by atoms with Crippen LogP contribution in [0.15, 0.2) is 39.9 Å². The number of nitrogens with one attached hydrogen (secondary N) is 2. The number of carbonyl (C=O) groups is 1. The Kier molecular flexibility index (Phi) is 10.3. The molecule has 0 spiro atoms. The number of aromatic amines is 1. The fourth-order valence-electron chi connectivity index (χ4n) is 3.21. The lowest BCUT2D eigenvalue weighted by Gasteiger charge is -2.07. The van der Waals surface area contributed by atoms with E-state index in [1.54, 1.807) is 18.2 Å². The predicted octanol–water partition coefficient (Wildman–Crippen LogP) is 2.25. The first kappa shape index (κ1) is 26.3. The predicted molar refractivity (Wildman–Crippen MR) is 128 cm³/mol. The highest BCUT2D eigenvalue weighted by atomic mass is 31.2. The lowest BCUT2D eigenvalue weighted by Crippen LogP contribution is -2.30. The van der Waals surface area contributed by atoms with Gasteiger partial charge in [-0.3, -0.25) is 23.7 Å². The molecule has 0 aliphatic heterocycles. The quantitative estimate of drug-likeness (QED) is 0.170. The van der Waals surface area contributed by atoms with Crippen molar-refractivity contribution in [2.75, 3.05) is 12.7 Å². The largest absolute Gasteiger partial charge is 0.345 e. The zero-order valence-electron chi connectivity index (χ0n) is 18.7. The molecule has 0 aliphatic rings. The van der Waals surface area contributed by atoms with Crippen molar-refractivity contribution in [1.82, 2.24) is 14.9 Å². The van der Waals surface area contributed by atoms with E-state index in [-0.39, 0.29) is 24.4 Å². The minimum Gasteiger partial charge on any atom is -0.345 e. The normalized spacial score (nSPS) is 11.5. The summed E-state index contributed by atoms with van der Waals surface area (Å²) in [6.45, 7) is 2.39. The summed E-state index contributed by atoms with van der Waals surface area (Å²) in [6, 6.07) is 4.83. The number of hydrogen-bond acceptors (Lipinski definition) is 4. The number of benzene rings is 1. The summed E-state index contributed by atoms with van der Waals surface area (Å²) in [4.78, 5) is 56.3. The summed E-state index contributed by atoms with van der Waals surface area (Å²) in [5.41, 5.74) is -0.231. The summed E-state index contributed by atoms with van der Waals surface area (Å²) in [5, 5.41) is 3.02. The fraction of sp³-hybridized carbons (Fsp3) is 0.435. The summed E-state index contributed by atoms with van der Waals surface area (Å²) < 4.78 is 12.2. The molecule has 0 saturated carbocycles. The van der Waals surface area contributed by atoms with Crippen LogP contribution in [0.3, 0.4) is 0 Å². The van der Waals surface area contributed by atoms with E-state index in [1.807, 2.05) is 0 Å². The molecule has 9 nitrogen and oxygen atoms in total. The monoisotopic (exact) mass is 475 g/mol. The van der Waals surface area contributed by atoms with Crippen molar-refractivity contribution in [2.45, 2.75) is 52.0 Å². The molecule has 10 heteroatoms. The number of nitrogens with zero attached hydrogens (tertiary/aromatic N) is 1. The smallest absolute Gasteiger partial charge is 0.329 e. The molecule has 0 unspecified atom stereocenters. The second-order valence-electron chi connectivity index (χ2n) is 7.66. The molecule has 0 atom stereocenters. The van der Waals surface area contributed by atoms with Crippen molar-refractivity contribution in [3.05, 3.63) is 56.8 Å². The standard InChI is InChI=1S/C23H30N3O6P/c1-2-3-4-5-6-11-21(27)24-14-9-10-18-12-13-20-19(17-18)22(28)25-23(29)26(20)15-7-8-16-33(30,31)32/h7-8,12-13,17H,2-6,11,14-16H2,1H3,(H,24,27)(H,25,28,29)(H2,30,31,32). The third-order valence-corrected chi connectivity index (χ3v) is 5.60. The first-order valence-corrected chi connectivity index (χ1v) is 12.7. The zero-order valence-corrected chi connectivity index (χ0v) is 19.6. The van der Waals surface area contributed by atoms with Gasteiger partial charge in [-0.15, -0.1) is 0 Å². The van der Waals surface area contributed by atoms with Crippen LogP contribution in [0.25, 0.3) is 10.9 Å². The Morgan fingerprint density at radius 1 is 1.18 bits per heavy atom. The summed E-state index contributed by atoms with van der Waals surface area (Å²) >= 11 is 0. The minimum absolute atomic E-state index is 0.0356. The second-order valence-corrected chi connectivity index (χ2v) is 9.36. The second kappa shape index (κ2) is 12.9. The molecular weight excluding hydrogens is 445 g/mol. The third kappa shape index (κ3) is 9.22. The van der Waals surface area contributed by atoms with Gasteiger partial charge in [0, 0.05) is 18.5 Å². The maximum Gasteiger partial charge on any atom is 0.329 e. The van der Waals surface area contributed by atoms with Crippen LogP contribution < -0.4 is 16.6 Å². The highest BCUT2D eigenvalue weighted by Gasteiger charge is 2.10. The third-order valence-electron chi connectivity index (χ3n) is 4.91. The van der Waals surface area contributed by atoms with Crippen LogP contribution >= 0.6 is 7.60 Å². The van der Waals surface area contributed by atoms with Gasteiger partial charge in [-0.2, -0.15) is 0 Å². The number of rotatable bonds is 11. The molecule has 2 aromatic rings. The van der Waals surface area contributed by atoms with Crippen LogP contribution in [0.4, 0.5) is 0 Å². The van der Waals surface area contributed by atoms with Crippen molar-refractivity contribution in [3.63, 3.8) is 0 Å². The number of aromatic nitrogens is 2. The lowest BCUT2D eigenvalue weighted by molar-refractivity contribution is -0.120. The van der Waals surface area contributed by atoms with Crippen molar-refractivity contribution >= 4 is 24.4 Å². The molecule has 1 aromatic carbocycles. The van der Waals surface area contributed by atoms with Crippen molar-refractivity contribution in [3.8, 4) is 11.8 Å². The van der Waals surface area contributed by atoms with Crippen molar-refractivity contribution in [1.29, 1.82) is 0 Å². The van der Waals surface area contributed by atoms with Crippen LogP contribution in [-0.2, 0) is 15.9 Å². The first-order chi connectivity index (χ1) is 15.7. The van der Waals surface area contributed by atoms with Crippen LogP contribution in [-0.4, -0.2) is 38.0 Å². The van der Waals surface area contributed by atoms with Crippen LogP contribution in [0, 0.1) is 11.8 Å². The van der Waals surface area contributed by atoms with Gasteiger partial charge in [0.15, 0.2) is 0 Å². The molecule has 0 saturated heterocycles. The number of allylic oxidation sites excluding steroid dienone is 2. The highest BCUT2D eigenvalue weighted by molar-refractivity contribution is 7.51. The minimum atomic E-state index is -4.16. The molecule has 0 radical (unpaired) electrons. The number of H-pyrrole nitrogens is 1. The molecule has 33 heavy (non-hydrogen) atoms. The Hall–Kier alpha value is -2.92. The van der Waals surface area contributed by atoms with Gasteiger partial charge in [-0.05, 0) is 24.6 Å². The Labute approximate surface area is 192 Å². The Bertz CT molecular complexity index is 1210. The van der Waals surface area contributed by atoms with Crippen molar-refractivity contribution < 1.29 is 19.1 Å². The number of fused-ring (bicyclic) bond motifs is 1. The van der Waals surface area contributed by atoms with Gasteiger partial charge >= 0.3 is 13.3 Å². The Morgan fingerprint density at radius 3 is 2.67 bits per heavy atom. The van der Waals surface area contributed by atoms with E-state index in [9.17, 15) is 18.9 Å². The molecule has 1 amide bonds. The topological polar surface area (TPSA) is 141 Å². The molecule has 178 valence electrons. The molecule has 0 aliphatic carbocycles. The Morgan fingerprint density at radius 2 is 1.94 bits per heavy atom. The summed E-state index contributed by atoms with van der Waals surface area (Å²) in [7, 11) is -4.16. The number of carbonyl (C=O) groups excluding carboxylic acids is 1. The highest BCUT2D eigenvalue weighted by Crippen LogP contribution is 2.33. The Balaban J connectivity index is 2.04. The molecule has 1 heterocycles. The fourth-order valence-corrected chi connectivity index (χ4v) is 3.64. The summed E-state index contributed by atoms with van der Waals surface area (Å²) in [5.74, 6) is 5.73. The summed E-state index contributed by atoms with van der Waals surface area (Å²) in [6.07, 6.45) is 8.20. The van der Waals surface area contributed by atoms with Gasteiger partial charge in [0.1, 0.15) is 0 Å². The number of amides is 1. The SMILES string of the molecule is CCCCCCCC(=O)NCC#Cc1ccc2c(c1)c(=O)[nH]c(=O)n2CC=CCP(=O)(O)O. The van der Waals surface area contributed by atoms with E-state index in [2.05, 4.69) is 29.1 Å². The van der Waals surface area contributed by atoms with Crippen LogP contribution in [0.5, 0.6) is 0 Å². The van der Waals surface area contributed by atoms with Crippen molar-refractivity contribution in [2.24, 2.45) is 0 Å². The van der Waals surface area contributed by atoms with Gasteiger partial charge in [-0.1, -0.05) is 56.6 Å². The lowest BCUT2D eigenvalue weighted by atomic mass is 10.1. The maximum absolute atomic E-state index is 12.3. The van der Waals surface area contributed by atoms with E-state index >= 15 is 0 Å². The van der Waals surface area contributed by atoms with E-state index in [0.717, 1.165) is 25.7 Å².